The van der Waals surface area contributed by atoms with Crippen molar-refractivity contribution < 1.29 is 17.9 Å². The molecule has 0 spiro atoms. The van der Waals surface area contributed by atoms with Crippen molar-refractivity contribution in [3.8, 4) is 0 Å². The van der Waals surface area contributed by atoms with Crippen LogP contribution >= 0.6 is 0 Å². The highest BCUT2D eigenvalue weighted by Gasteiger charge is 2.34. The summed E-state index contributed by atoms with van der Waals surface area (Å²) < 4.78 is 31.6. The summed E-state index contributed by atoms with van der Waals surface area (Å²) in [5.41, 5.74) is 0.231. The van der Waals surface area contributed by atoms with Gasteiger partial charge in [-0.2, -0.15) is 4.31 Å². The lowest BCUT2D eigenvalue weighted by Crippen LogP contribution is -2.57. The molecule has 1 aliphatic heterocycles. The molecule has 116 valence electrons. The minimum absolute atomic E-state index is 0.0808. The molecule has 1 aliphatic rings. The largest absolute Gasteiger partial charge is 0.465 e. The van der Waals surface area contributed by atoms with Gasteiger partial charge in [-0.15, -0.1) is 0 Å². The number of nitrogens with one attached hydrogen (secondary N) is 1. The molecule has 1 aromatic rings. The summed E-state index contributed by atoms with van der Waals surface area (Å²) in [7, 11) is -2.36. The Hall–Kier alpha value is -1.44. The van der Waals surface area contributed by atoms with Crippen LogP contribution in [-0.2, 0) is 14.8 Å². The second-order valence-electron chi connectivity index (χ2n) is 5.12. The van der Waals surface area contributed by atoms with E-state index in [1.165, 1.54) is 29.6 Å². The average Bonchev–Trinajstić information content (AvgIpc) is 2.49. The second-order valence-corrected chi connectivity index (χ2v) is 7.01. The number of hydrogen-bond acceptors (Lipinski definition) is 5. The van der Waals surface area contributed by atoms with Gasteiger partial charge in [0.1, 0.15) is 0 Å². The Morgan fingerprint density at radius 2 is 2.10 bits per heavy atom. The molecule has 1 saturated heterocycles. The summed E-state index contributed by atoms with van der Waals surface area (Å²) >= 11 is 0. The lowest BCUT2D eigenvalue weighted by atomic mass is 10.1. The van der Waals surface area contributed by atoms with Gasteiger partial charge in [0.2, 0.25) is 10.0 Å². The molecule has 0 radical (unpaired) electrons. The van der Waals surface area contributed by atoms with Gasteiger partial charge in [-0.05, 0) is 32.0 Å². The predicted octanol–water partition coefficient (Wildman–Crippen LogP) is 0.844. The third-order valence-corrected chi connectivity index (χ3v) is 5.82. The van der Waals surface area contributed by atoms with Gasteiger partial charge in [0, 0.05) is 25.2 Å². The first-order chi connectivity index (χ1) is 9.87. The maximum atomic E-state index is 12.8. The van der Waals surface area contributed by atoms with Gasteiger partial charge in [0.05, 0.1) is 17.6 Å². The Morgan fingerprint density at radius 3 is 2.76 bits per heavy atom. The van der Waals surface area contributed by atoms with E-state index in [4.69, 9.17) is 0 Å². The van der Waals surface area contributed by atoms with E-state index in [1.54, 1.807) is 6.07 Å². The first kappa shape index (κ1) is 15.9. The molecule has 21 heavy (non-hydrogen) atoms. The van der Waals surface area contributed by atoms with E-state index >= 15 is 0 Å². The number of carbonyl (C=O) groups is 1. The summed E-state index contributed by atoms with van der Waals surface area (Å²) in [6, 6.07) is 5.88. The molecule has 1 aromatic carbocycles. The molecule has 1 fully saturated rings. The molecular weight excluding hydrogens is 292 g/mol. The molecule has 0 aromatic heterocycles. The van der Waals surface area contributed by atoms with Gasteiger partial charge in [0.25, 0.3) is 0 Å². The van der Waals surface area contributed by atoms with Crippen molar-refractivity contribution in [2.45, 2.75) is 30.8 Å². The smallest absolute Gasteiger partial charge is 0.337 e. The van der Waals surface area contributed by atoms with Crippen LogP contribution in [0.25, 0.3) is 0 Å². The summed E-state index contributed by atoms with van der Waals surface area (Å²) in [6.07, 6.45) is 0. The van der Waals surface area contributed by atoms with E-state index in [9.17, 15) is 13.2 Å². The highest BCUT2D eigenvalue weighted by molar-refractivity contribution is 7.89. The van der Waals surface area contributed by atoms with Crippen LogP contribution in [-0.4, -0.2) is 51.0 Å². The molecule has 7 heteroatoms. The van der Waals surface area contributed by atoms with E-state index in [-0.39, 0.29) is 22.5 Å². The summed E-state index contributed by atoms with van der Waals surface area (Å²) in [6.45, 7) is 4.85. The molecule has 6 nitrogen and oxygen atoms in total. The van der Waals surface area contributed by atoms with Crippen LogP contribution in [0, 0.1) is 0 Å². The van der Waals surface area contributed by atoms with Crippen LogP contribution in [0.5, 0.6) is 0 Å². The molecule has 2 unspecified atom stereocenters. The first-order valence-electron chi connectivity index (χ1n) is 6.81. The molecule has 2 rings (SSSR count). The second kappa shape index (κ2) is 6.13. The number of hydrogen-bond donors (Lipinski definition) is 1. The van der Waals surface area contributed by atoms with Gasteiger partial charge in [0.15, 0.2) is 0 Å². The summed E-state index contributed by atoms with van der Waals surface area (Å²) in [5, 5.41) is 3.24. The number of benzene rings is 1. The first-order valence-corrected chi connectivity index (χ1v) is 8.25. The number of ether oxygens (including phenoxy) is 1. The van der Waals surface area contributed by atoms with Gasteiger partial charge in [-0.3, -0.25) is 0 Å². The van der Waals surface area contributed by atoms with Crippen molar-refractivity contribution in [1.82, 2.24) is 9.62 Å². The third-order valence-electron chi connectivity index (χ3n) is 3.84. The fraction of sp³-hybridized carbons (Fsp3) is 0.500. The van der Waals surface area contributed by atoms with E-state index in [0.29, 0.717) is 13.1 Å². The highest BCUT2D eigenvalue weighted by atomic mass is 32.2. The molecule has 1 N–H and O–H groups in total. The fourth-order valence-electron chi connectivity index (χ4n) is 2.40. The Bertz CT molecular complexity index is 630. The Balaban J connectivity index is 2.37. The van der Waals surface area contributed by atoms with Crippen molar-refractivity contribution in [1.29, 1.82) is 0 Å². The van der Waals surface area contributed by atoms with Crippen molar-refractivity contribution in [3.05, 3.63) is 29.8 Å². The van der Waals surface area contributed by atoms with Gasteiger partial charge in [-0.1, -0.05) is 6.07 Å². The van der Waals surface area contributed by atoms with Gasteiger partial charge in [-0.25, -0.2) is 13.2 Å². The quantitative estimate of drug-likeness (QED) is 0.837. The maximum absolute atomic E-state index is 12.8. The van der Waals surface area contributed by atoms with Crippen LogP contribution in [0.1, 0.15) is 24.2 Å². The molecule has 0 aliphatic carbocycles. The Labute approximate surface area is 125 Å². The topological polar surface area (TPSA) is 75.7 Å². The SMILES string of the molecule is COC(=O)c1cccc(S(=O)(=O)N2CCNC(C)C2C)c1. The monoisotopic (exact) mass is 312 g/mol. The number of sulfonamides is 1. The molecule has 1 heterocycles. The number of esters is 1. The Morgan fingerprint density at radius 1 is 1.38 bits per heavy atom. The summed E-state index contributed by atoms with van der Waals surface area (Å²) in [4.78, 5) is 11.7. The van der Waals surface area contributed by atoms with Crippen LogP contribution in [0.15, 0.2) is 29.2 Å². The van der Waals surface area contributed by atoms with Crippen LogP contribution < -0.4 is 5.32 Å². The van der Waals surface area contributed by atoms with Crippen LogP contribution in [0.2, 0.25) is 0 Å². The lowest BCUT2D eigenvalue weighted by molar-refractivity contribution is 0.0600. The van der Waals surface area contributed by atoms with E-state index in [1.807, 2.05) is 13.8 Å². The molecule has 0 saturated carbocycles. The zero-order valence-corrected chi connectivity index (χ0v) is 13.2. The number of rotatable bonds is 3. The molecule has 0 amide bonds. The summed E-state index contributed by atoms with van der Waals surface area (Å²) in [5.74, 6) is -0.547. The standard InChI is InChI=1S/C14H20N2O4S/c1-10-11(2)16(8-7-15-10)21(18,19)13-6-4-5-12(9-13)14(17)20-3/h4-6,9-11,15H,7-8H2,1-3H3. The zero-order chi connectivity index (χ0) is 15.6. The number of nitrogens with zero attached hydrogens (tertiary/aromatic N) is 1. The number of methoxy groups -OCH3 is 1. The van der Waals surface area contributed by atoms with E-state index < -0.39 is 16.0 Å². The number of carbonyl (C=O) groups excluding carboxylic acids is 1. The predicted molar refractivity (Wildman–Crippen MR) is 78.6 cm³/mol. The normalized spacial score (nSPS) is 23.8. The Kier molecular flexibility index (Phi) is 4.65. The van der Waals surface area contributed by atoms with Gasteiger partial charge >= 0.3 is 5.97 Å². The van der Waals surface area contributed by atoms with E-state index in [2.05, 4.69) is 10.1 Å². The van der Waals surface area contributed by atoms with E-state index in [0.717, 1.165) is 0 Å². The van der Waals surface area contributed by atoms with Crippen molar-refractivity contribution in [2.75, 3.05) is 20.2 Å². The average molecular weight is 312 g/mol. The van der Waals surface area contributed by atoms with Gasteiger partial charge < -0.3 is 10.1 Å². The lowest BCUT2D eigenvalue weighted by Gasteiger charge is -2.37. The van der Waals surface area contributed by atoms with Crippen molar-refractivity contribution >= 4 is 16.0 Å². The minimum Gasteiger partial charge on any atom is -0.465 e. The fourth-order valence-corrected chi connectivity index (χ4v) is 4.15. The van der Waals surface area contributed by atoms with Crippen LogP contribution in [0.4, 0.5) is 0 Å². The molecule has 0 bridgehead atoms. The maximum Gasteiger partial charge on any atom is 0.337 e. The third kappa shape index (κ3) is 3.09. The van der Waals surface area contributed by atoms with Crippen molar-refractivity contribution in [3.63, 3.8) is 0 Å². The van der Waals surface area contributed by atoms with Crippen molar-refractivity contribution in [2.24, 2.45) is 0 Å². The highest BCUT2D eigenvalue weighted by Crippen LogP contribution is 2.22. The zero-order valence-electron chi connectivity index (χ0n) is 12.4. The number of piperazine rings is 1. The molecular formula is C14H20N2O4S. The van der Waals surface area contributed by atoms with Crippen LogP contribution in [0.3, 0.4) is 0 Å². The minimum atomic E-state index is -3.62. The molecule has 2 atom stereocenters.